The van der Waals surface area contributed by atoms with Gasteiger partial charge in [0, 0.05) is 18.3 Å². The van der Waals surface area contributed by atoms with E-state index in [4.69, 9.17) is 0 Å². The van der Waals surface area contributed by atoms with Gasteiger partial charge in [-0.05, 0) is 17.7 Å². The highest BCUT2D eigenvalue weighted by molar-refractivity contribution is 7.59. The zero-order valence-corrected chi connectivity index (χ0v) is 8.85. The predicted octanol–water partition coefficient (Wildman–Crippen LogP) is 2.79. The molecule has 0 bridgehead atoms. The molecule has 1 nitrogen and oxygen atoms in total. The molecule has 0 radical (unpaired) electrons. The van der Waals surface area contributed by atoms with Crippen molar-refractivity contribution in [1.82, 2.24) is 4.98 Å². The first-order valence-corrected chi connectivity index (χ1v) is 4.39. The summed E-state index contributed by atoms with van der Waals surface area (Å²) in [6.45, 7) is 0. The lowest BCUT2D eigenvalue weighted by Crippen LogP contribution is -1.89. The van der Waals surface area contributed by atoms with Crippen molar-refractivity contribution in [2.45, 2.75) is 6.42 Å². The first kappa shape index (κ1) is 10.8. The van der Waals surface area contributed by atoms with Crippen molar-refractivity contribution in [3.63, 3.8) is 0 Å². The number of hydrogen-bond donors (Lipinski definition) is 0. The number of pyridine rings is 1. The van der Waals surface area contributed by atoms with Crippen molar-refractivity contribution in [3.8, 4) is 0 Å². The molecule has 0 saturated heterocycles. The van der Waals surface area contributed by atoms with E-state index >= 15 is 0 Å². The molecule has 0 N–H and O–H groups in total. The monoisotopic (exact) mass is 203 g/mol. The van der Waals surface area contributed by atoms with Crippen molar-refractivity contribution in [2.75, 3.05) is 0 Å². The maximum Gasteiger partial charge on any atom is 0.0447 e. The van der Waals surface area contributed by atoms with Gasteiger partial charge in [0.25, 0.3) is 0 Å². The van der Waals surface area contributed by atoms with Gasteiger partial charge in [-0.25, -0.2) is 0 Å². The lowest BCUT2D eigenvalue weighted by molar-refractivity contribution is 1.07. The standard InChI is InChI=1S/C12H11N.H2S/c1-2-6-11(7-3-1)10-12-8-4-5-9-13-12;/h1-9H,10H2;1H2. The summed E-state index contributed by atoms with van der Waals surface area (Å²) in [7, 11) is 0. The number of nitrogens with zero attached hydrogens (tertiary/aromatic N) is 1. The number of benzene rings is 1. The predicted molar refractivity (Wildman–Crippen MR) is 63.9 cm³/mol. The van der Waals surface area contributed by atoms with Crippen LogP contribution in [0, 0.1) is 0 Å². The summed E-state index contributed by atoms with van der Waals surface area (Å²) in [5.41, 5.74) is 2.43. The second-order valence-corrected chi connectivity index (χ2v) is 2.98. The highest BCUT2D eigenvalue weighted by Crippen LogP contribution is 2.05. The van der Waals surface area contributed by atoms with Crippen LogP contribution in [0.25, 0.3) is 0 Å². The van der Waals surface area contributed by atoms with E-state index in [2.05, 4.69) is 29.2 Å². The smallest absolute Gasteiger partial charge is 0.0447 e. The Morgan fingerprint density at radius 3 is 2.21 bits per heavy atom. The van der Waals surface area contributed by atoms with Crippen LogP contribution in [0.15, 0.2) is 54.7 Å². The Morgan fingerprint density at radius 2 is 1.57 bits per heavy atom. The maximum atomic E-state index is 4.27. The average Bonchev–Trinajstić information content (AvgIpc) is 2.21. The Balaban J connectivity index is 0.000000980. The summed E-state index contributed by atoms with van der Waals surface area (Å²) in [5, 5.41) is 0. The average molecular weight is 203 g/mol. The topological polar surface area (TPSA) is 12.9 Å². The molecule has 1 aromatic heterocycles. The minimum absolute atomic E-state index is 0. The van der Waals surface area contributed by atoms with E-state index in [-0.39, 0.29) is 13.5 Å². The molecule has 0 fully saturated rings. The van der Waals surface area contributed by atoms with Gasteiger partial charge >= 0.3 is 0 Å². The zero-order valence-electron chi connectivity index (χ0n) is 7.85. The highest BCUT2D eigenvalue weighted by Gasteiger charge is 1.94. The lowest BCUT2D eigenvalue weighted by Gasteiger charge is -1.99. The van der Waals surface area contributed by atoms with E-state index < -0.39 is 0 Å². The van der Waals surface area contributed by atoms with E-state index in [9.17, 15) is 0 Å². The summed E-state index contributed by atoms with van der Waals surface area (Å²) < 4.78 is 0. The molecule has 1 aromatic carbocycles. The Labute approximate surface area is 91.3 Å². The molecular formula is C12H13NS. The second kappa shape index (κ2) is 5.45. The quantitative estimate of drug-likeness (QED) is 0.731. The van der Waals surface area contributed by atoms with Crippen LogP contribution >= 0.6 is 13.5 Å². The molecule has 0 atom stereocenters. The number of aromatic nitrogens is 1. The van der Waals surface area contributed by atoms with Crippen LogP contribution in [-0.2, 0) is 6.42 Å². The largest absolute Gasteiger partial charge is 0.261 e. The SMILES string of the molecule is S.c1ccc(Cc2ccccn2)cc1. The van der Waals surface area contributed by atoms with Gasteiger partial charge in [-0.3, -0.25) is 4.98 Å². The first-order chi connectivity index (χ1) is 6.45. The van der Waals surface area contributed by atoms with Crippen molar-refractivity contribution in [3.05, 3.63) is 66.0 Å². The lowest BCUT2D eigenvalue weighted by atomic mass is 10.1. The fraction of sp³-hybridized carbons (Fsp3) is 0.0833. The van der Waals surface area contributed by atoms with Gasteiger partial charge in [0.05, 0.1) is 0 Å². The van der Waals surface area contributed by atoms with Crippen molar-refractivity contribution < 1.29 is 0 Å². The molecule has 2 rings (SSSR count). The van der Waals surface area contributed by atoms with E-state index in [1.54, 1.807) is 0 Å². The van der Waals surface area contributed by atoms with Crippen molar-refractivity contribution in [2.24, 2.45) is 0 Å². The van der Waals surface area contributed by atoms with Gasteiger partial charge in [-0.1, -0.05) is 36.4 Å². The first-order valence-electron chi connectivity index (χ1n) is 4.39. The normalized spacial score (nSPS) is 9.14. The molecule has 0 unspecified atom stereocenters. The molecule has 72 valence electrons. The molecule has 0 aliphatic heterocycles. The molecule has 2 aromatic rings. The van der Waals surface area contributed by atoms with Gasteiger partial charge in [-0.2, -0.15) is 13.5 Å². The van der Waals surface area contributed by atoms with Gasteiger partial charge < -0.3 is 0 Å². The maximum absolute atomic E-state index is 4.27. The fourth-order valence-corrected chi connectivity index (χ4v) is 1.31. The zero-order chi connectivity index (χ0) is 8.93. The summed E-state index contributed by atoms with van der Waals surface area (Å²) in [6.07, 6.45) is 2.75. The Bertz CT molecular complexity index is 321. The molecule has 1 heterocycles. The van der Waals surface area contributed by atoms with Crippen LogP contribution in [0.4, 0.5) is 0 Å². The minimum atomic E-state index is 0. The van der Waals surface area contributed by atoms with E-state index in [0.717, 1.165) is 12.1 Å². The van der Waals surface area contributed by atoms with E-state index in [0.29, 0.717) is 0 Å². The summed E-state index contributed by atoms with van der Waals surface area (Å²) in [4.78, 5) is 4.27. The van der Waals surface area contributed by atoms with Crippen LogP contribution in [-0.4, -0.2) is 4.98 Å². The molecule has 14 heavy (non-hydrogen) atoms. The molecular weight excluding hydrogens is 190 g/mol. The molecule has 0 amide bonds. The summed E-state index contributed by atoms with van der Waals surface area (Å²) >= 11 is 0. The van der Waals surface area contributed by atoms with Crippen LogP contribution in [0.2, 0.25) is 0 Å². The van der Waals surface area contributed by atoms with Gasteiger partial charge in [-0.15, -0.1) is 0 Å². The molecule has 2 heteroatoms. The van der Waals surface area contributed by atoms with Crippen LogP contribution in [0.3, 0.4) is 0 Å². The molecule has 0 spiro atoms. The van der Waals surface area contributed by atoms with Crippen LogP contribution in [0.5, 0.6) is 0 Å². The van der Waals surface area contributed by atoms with Crippen LogP contribution < -0.4 is 0 Å². The fourth-order valence-electron chi connectivity index (χ4n) is 1.31. The molecule has 0 aliphatic carbocycles. The highest BCUT2D eigenvalue weighted by atomic mass is 32.1. The third-order valence-electron chi connectivity index (χ3n) is 1.95. The van der Waals surface area contributed by atoms with Crippen molar-refractivity contribution in [1.29, 1.82) is 0 Å². The Morgan fingerprint density at radius 1 is 0.857 bits per heavy atom. The third-order valence-corrected chi connectivity index (χ3v) is 1.95. The van der Waals surface area contributed by atoms with Crippen LogP contribution in [0.1, 0.15) is 11.3 Å². The number of rotatable bonds is 2. The molecule has 0 aliphatic rings. The van der Waals surface area contributed by atoms with Gasteiger partial charge in [0.1, 0.15) is 0 Å². The second-order valence-electron chi connectivity index (χ2n) is 2.98. The minimum Gasteiger partial charge on any atom is -0.261 e. The summed E-state index contributed by atoms with van der Waals surface area (Å²) in [6, 6.07) is 16.4. The van der Waals surface area contributed by atoms with Crippen molar-refractivity contribution >= 4 is 13.5 Å². The summed E-state index contributed by atoms with van der Waals surface area (Å²) in [5.74, 6) is 0. The molecule has 0 saturated carbocycles. The Hall–Kier alpha value is -1.28. The third kappa shape index (κ3) is 2.89. The van der Waals surface area contributed by atoms with Gasteiger partial charge in [0.15, 0.2) is 0 Å². The van der Waals surface area contributed by atoms with E-state index in [1.165, 1.54) is 5.56 Å². The van der Waals surface area contributed by atoms with E-state index in [1.807, 2.05) is 30.5 Å². The Kier molecular flexibility index (Phi) is 4.20. The number of hydrogen-bond acceptors (Lipinski definition) is 1. The van der Waals surface area contributed by atoms with Gasteiger partial charge in [0.2, 0.25) is 0 Å².